The highest BCUT2D eigenvalue weighted by Gasteiger charge is 2.23. The van der Waals surface area contributed by atoms with E-state index in [9.17, 15) is 19.5 Å². The highest BCUT2D eigenvalue weighted by Crippen LogP contribution is 2.30. The van der Waals surface area contributed by atoms with Crippen molar-refractivity contribution < 1.29 is 24.2 Å². The maximum Gasteiger partial charge on any atom is 0.336 e. The molecule has 0 saturated carbocycles. The first-order chi connectivity index (χ1) is 13.5. The highest BCUT2D eigenvalue weighted by molar-refractivity contribution is 8.00. The van der Waals surface area contributed by atoms with Crippen LogP contribution in [0, 0.1) is 0 Å². The van der Waals surface area contributed by atoms with Crippen LogP contribution in [0.5, 0.6) is 0 Å². The summed E-state index contributed by atoms with van der Waals surface area (Å²) in [6.45, 7) is 0. The molecule has 1 heterocycles. The summed E-state index contributed by atoms with van der Waals surface area (Å²) < 4.78 is 4.81. The number of thioether (sulfide) groups is 1. The number of hydrogen-bond donors (Lipinski definition) is 3. The van der Waals surface area contributed by atoms with E-state index in [2.05, 4.69) is 10.6 Å². The summed E-state index contributed by atoms with van der Waals surface area (Å²) in [5, 5.41) is 15.2. The predicted octanol–water partition coefficient (Wildman–Crippen LogP) is 3.22. The zero-order chi connectivity index (χ0) is 20.1. The highest BCUT2D eigenvalue weighted by atomic mass is 32.2. The van der Waals surface area contributed by atoms with Crippen molar-refractivity contribution in [2.45, 2.75) is 0 Å². The Morgan fingerprint density at radius 1 is 0.964 bits per heavy atom. The third-order valence-corrected chi connectivity index (χ3v) is 5.14. The molecule has 0 saturated heterocycles. The van der Waals surface area contributed by atoms with E-state index >= 15 is 0 Å². The van der Waals surface area contributed by atoms with Crippen LogP contribution in [0.15, 0.2) is 59.8 Å². The largest absolute Gasteiger partial charge is 0.478 e. The lowest BCUT2D eigenvalue weighted by atomic mass is 10.1. The number of carbonyl (C=O) groups is 3. The zero-order valence-corrected chi connectivity index (χ0v) is 15.8. The summed E-state index contributed by atoms with van der Waals surface area (Å²) in [6, 6.07) is 13.0. The lowest BCUT2D eigenvalue weighted by Crippen LogP contribution is -2.18. The summed E-state index contributed by atoms with van der Waals surface area (Å²) in [6.07, 6.45) is 0. The van der Waals surface area contributed by atoms with Gasteiger partial charge in [-0.05, 0) is 24.3 Å². The molecule has 0 fully saturated rings. The van der Waals surface area contributed by atoms with Crippen molar-refractivity contribution in [3.8, 4) is 0 Å². The molecule has 0 atom stereocenters. The number of carbonyl (C=O) groups excluding carboxylic acids is 2. The van der Waals surface area contributed by atoms with E-state index in [0.29, 0.717) is 28.5 Å². The molecule has 0 bridgehead atoms. The standard InChI is InChI=1S/C20H18N2O5S/c1-27-20(26)14-10-28-11-17(14)21-15-8-4-5-9-16(15)22-18(23)12-6-2-3-7-13(12)19(24)25/h2-9,21H,10-11H2,1H3,(H,22,23)(H,24,25). The number of anilines is 2. The maximum atomic E-state index is 12.7. The van der Waals surface area contributed by atoms with E-state index in [4.69, 9.17) is 4.74 Å². The molecule has 2 aromatic rings. The summed E-state index contributed by atoms with van der Waals surface area (Å²) in [7, 11) is 1.34. The molecule has 7 nitrogen and oxygen atoms in total. The normalized spacial score (nSPS) is 13.2. The van der Waals surface area contributed by atoms with E-state index in [0.717, 1.165) is 5.70 Å². The molecule has 8 heteroatoms. The van der Waals surface area contributed by atoms with Gasteiger partial charge >= 0.3 is 11.9 Å². The van der Waals surface area contributed by atoms with Crippen molar-refractivity contribution in [1.29, 1.82) is 0 Å². The molecule has 3 N–H and O–H groups in total. The number of methoxy groups -OCH3 is 1. The molecule has 1 aliphatic heterocycles. The molecule has 2 aromatic carbocycles. The Bertz CT molecular complexity index is 971. The Morgan fingerprint density at radius 3 is 2.29 bits per heavy atom. The van der Waals surface area contributed by atoms with Gasteiger partial charge < -0.3 is 20.5 Å². The second-order valence-corrected chi connectivity index (χ2v) is 6.90. The van der Waals surface area contributed by atoms with Crippen LogP contribution >= 0.6 is 11.8 Å². The molecule has 28 heavy (non-hydrogen) atoms. The zero-order valence-electron chi connectivity index (χ0n) is 15.0. The van der Waals surface area contributed by atoms with Gasteiger partial charge in [-0.3, -0.25) is 4.79 Å². The Balaban J connectivity index is 1.87. The fraction of sp³-hybridized carbons (Fsp3) is 0.150. The van der Waals surface area contributed by atoms with Gasteiger partial charge in [-0.1, -0.05) is 24.3 Å². The first-order valence-electron chi connectivity index (χ1n) is 8.39. The van der Waals surface area contributed by atoms with Crippen LogP contribution in [-0.4, -0.2) is 41.6 Å². The number of aromatic carboxylic acids is 1. The third kappa shape index (κ3) is 4.17. The van der Waals surface area contributed by atoms with Crippen molar-refractivity contribution >= 4 is 41.0 Å². The topological polar surface area (TPSA) is 105 Å². The molecule has 1 amide bonds. The van der Waals surface area contributed by atoms with E-state index < -0.39 is 11.9 Å². The van der Waals surface area contributed by atoms with Gasteiger partial charge in [0.05, 0.1) is 35.2 Å². The van der Waals surface area contributed by atoms with Crippen LogP contribution < -0.4 is 10.6 Å². The number of nitrogens with one attached hydrogen (secondary N) is 2. The molecule has 0 unspecified atom stereocenters. The molecular formula is C20H18N2O5S. The fourth-order valence-corrected chi connectivity index (χ4v) is 3.82. The summed E-state index contributed by atoms with van der Waals surface area (Å²) >= 11 is 1.59. The Hall–Kier alpha value is -3.26. The number of esters is 1. The van der Waals surface area contributed by atoms with Crippen LogP contribution in [0.4, 0.5) is 11.4 Å². The second-order valence-electron chi connectivity index (χ2n) is 5.92. The first kappa shape index (κ1) is 19.5. The number of rotatable bonds is 6. The van der Waals surface area contributed by atoms with Crippen LogP contribution in [0.2, 0.25) is 0 Å². The van der Waals surface area contributed by atoms with Crippen molar-refractivity contribution in [2.24, 2.45) is 0 Å². The minimum Gasteiger partial charge on any atom is -0.478 e. The van der Waals surface area contributed by atoms with Crippen molar-refractivity contribution in [1.82, 2.24) is 0 Å². The van der Waals surface area contributed by atoms with E-state index in [1.165, 1.54) is 19.2 Å². The molecule has 0 aromatic heterocycles. The number of hydrogen-bond acceptors (Lipinski definition) is 6. The summed E-state index contributed by atoms with van der Waals surface area (Å²) in [5.74, 6) is -0.919. The monoisotopic (exact) mass is 398 g/mol. The van der Waals surface area contributed by atoms with Crippen molar-refractivity contribution in [3.05, 3.63) is 70.9 Å². The Morgan fingerprint density at radius 2 is 1.61 bits per heavy atom. The van der Waals surface area contributed by atoms with Gasteiger partial charge in [0.25, 0.3) is 5.91 Å². The van der Waals surface area contributed by atoms with Crippen molar-refractivity contribution in [3.63, 3.8) is 0 Å². The van der Waals surface area contributed by atoms with Gasteiger partial charge in [0.1, 0.15) is 0 Å². The lowest BCUT2D eigenvalue weighted by Gasteiger charge is -2.15. The second kappa shape index (κ2) is 8.62. The number of para-hydroxylation sites is 2. The average Bonchev–Trinajstić information content (AvgIpc) is 3.17. The number of ether oxygens (including phenoxy) is 1. The summed E-state index contributed by atoms with van der Waals surface area (Å²) in [4.78, 5) is 35.9. The minimum atomic E-state index is -1.17. The van der Waals surface area contributed by atoms with Crippen LogP contribution in [0.1, 0.15) is 20.7 Å². The smallest absolute Gasteiger partial charge is 0.336 e. The average molecular weight is 398 g/mol. The first-order valence-corrected chi connectivity index (χ1v) is 9.54. The van der Waals surface area contributed by atoms with Gasteiger partial charge in [-0.25, -0.2) is 9.59 Å². The number of amides is 1. The number of carboxylic acid groups (broad SMARTS) is 1. The third-order valence-electron chi connectivity index (χ3n) is 4.15. The predicted molar refractivity (Wildman–Crippen MR) is 108 cm³/mol. The quantitative estimate of drug-likeness (QED) is 0.642. The van der Waals surface area contributed by atoms with Crippen LogP contribution in [0.25, 0.3) is 0 Å². The van der Waals surface area contributed by atoms with Gasteiger partial charge in [0.15, 0.2) is 0 Å². The Labute approximate surface area is 165 Å². The number of carboxylic acids is 1. The molecular weight excluding hydrogens is 380 g/mol. The van der Waals surface area contributed by atoms with Gasteiger partial charge in [0.2, 0.25) is 0 Å². The molecule has 0 spiro atoms. The lowest BCUT2D eigenvalue weighted by molar-refractivity contribution is -0.136. The summed E-state index contributed by atoms with van der Waals surface area (Å²) in [5.41, 5.74) is 2.35. The maximum absolute atomic E-state index is 12.7. The fourth-order valence-electron chi connectivity index (χ4n) is 2.77. The minimum absolute atomic E-state index is 0.0655. The van der Waals surface area contributed by atoms with Crippen LogP contribution in [-0.2, 0) is 9.53 Å². The van der Waals surface area contributed by atoms with E-state index in [1.807, 2.05) is 0 Å². The van der Waals surface area contributed by atoms with Crippen LogP contribution in [0.3, 0.4) is 0 Å². The number of benzene rings is 2. The SMILES string of the molecule is COC(=O)C1=C(Nc2ccccc2NC(=O)c2ccccc2C(=O)O)CSC1. The molecule has 144 valence electrons. The molecule has 0 radical (unpaired) electrons. The molecule has 0 aliphatic carbocycles. The molecule has 3 rings (SSSR count). The van der Waals surface area contributed by atoms with E-state index in [1.54, 1.807) is 48.2 Å². The van der Waals surface area contributed by atoms with E-state index in [-0.39, 0.29) is 17.1 Å². The van der Waals surface area contributed by atoms with Gasteiger partial charge in [0, 0.05) is 17.2 Å². The molecule has 1 aliphatic rings. The van der Waals surface area contributed by atoms with Gasteiger partial charge in [-0.15, -0.1) is 0 Å². The Kier molecular flexibility index (Phi) is 6.00. The van der Waals surface area contributed by atoms with Crippen molar-refractivity contribution in [2.75, 3.05) is 29.2 Å². The van der Waals surface area contributed by atoms with Gasteiger partial charge in [-0.2, -0.15) is 11.8 Å².